The van der Waals surface area contributed by atoms with Gasteiger partial charge in [0.05, 0.1) is 0 Å². The van der Waals surface area contributed by atoms with Gasteiger partial charge in [0.2, 0.25) is 0 Å². The Morgan fingerprint density at radius 1 is 0.804 bits per heavy atom. The van der Waals surface area contributed by atoms with Crippen LogP contribution in [-0.4, -0.2) is 87.2 Å². The standard InChI is InChI=1S/C40H54N6/c1-43-25-27-46(28-26-43)37-15-13-33(14-16-37)39-29-35(18-22-44(39)2)40(34-11-12-34)41-21-17-38(32-9-6-10-32)42-36-19-23-45(24-20-36)30-31-7-4-3-5-8-31/h3-5,7-8,13-16,18,29,36,41-42H,6,9-12,17,19-28,30H2,1-2H3. The molecule has 0 amide bonds. The highest BCUT2D eigenvalue weighted by atomic mass is 15.2. The Morgan fingerprint density at radius 3 is 2.22 bits per heavy atom. The monoisotopic (exact) mass is 618 g/mol. The Bertz CT molecular complexity index is 1440. The van der Waals surface area contributed by atoms with E-state index in [1.807, 2.05) is 0 Å². The summed E-state index contributed by atoms with van der Waals surface area (Å²) in [5, 5.41) is 8.02. The Labute approximate surface area is 277 Å². The van der Waals surface area contributed by atoms with Crippen molar-refractivity contribution in [3.05, 3.63) is 106 Å². The predicted molar refractivity (Wildman–Crippen MR) is 192 cm³/mol. The van der Waals surface area contributed by atoms with E-state index in [0.29, 0.717) is 6.04 Å². The van der Waals surface area contributed by atoms with Crippen LogP contribution in [-0.2, 0) is 6.54 Å². The molecule has 2 aromatic rings. The molecular weight excluding hydrogens is 564 g/mol. The van der Waals surface area contributed by atoms with Crippen LogP contribution in [0.3, 0.4) is 0 Å². The molecule has 2 saturated heterocycles. The van der Waals surface area contributed by atoms with E-state index in [4.69, 9.17) is 0 Å². The number of piperazine rings is 1. The lowest BCUT2D eigenvalue weighted by molar-refractivity contribution is 0.194. The molecule has 46 heavy (non-hydrogen) atoms. The summed E-state index contributed by atoms with van der Waals surface area (Å²) in [6.45, 7) is 9.86. The topological polar surface area (TPSA) is 37.0 Å². The molecule has 2 aromatic carbocycles. The number of piperidine rings is 1. The van der Waals surface area contributed by atoms with Gasteiger partial charge in [-0.15, -0.1) is 0 Å². The largest absolute Gasteiger partial charge is 0.385 e. The summed E-state index contributed by atoms with van der Waals surface area (Å²) in [5.41, 5.74) is 13.0. The van der Waals surface area contributed by atoms with Gasteiger partial charge in [-0.1, -0.05) is 54.1 Å². The number of hydrogen-bond donors (Lipinski definition) is 2. The van der Waals surface area contributed by atoms with Gasteiger partial charge in [0.15, 0.2) is 0 Å². The minimum atomic E-state index is 0.598. The molecule has 0 unspecified atom stereocenters. The van der Waals surface area contributed by atoms with Gasteiger partial charge in [0.1, 0.15) is 0 Å². The molecule has 2 saturated carbocycles. The molecule has 0 spiro atoms. The zero-order valence-electron chi connectivity index (χ0n) is 28.2. The molecule has 0 atom stereocenters. The van der Waals surface area contributed by atoms with E-state index in [2.05, 4.69) is 111 Å². The van der Waals surface area contributed by atoms with Crippen molar-refractivity contribution in [3.63, 3.8) is 0 Å². The number of allylic oxidation sites excluding steroid dienone is 3. The van der Waals surface area contributed by atoms with Crippen LogP contribution >= 0.6 is 0 Å². The third-order valence-corrected chi connectivity index (χ3v) is 10.7. The summed E-state index contributed by atoms with van der Waals surface area (Å²) < 4.78 is 0. The summed E-state index contributed by atoms with van der Waals surface area (Å²) in [7, 11) is 4.44. The smallest absolute Gasteiger partial charge is 0.0446 e. The summed E-state index contributed by atoms with van der Waals surface area (Å²) in [4.78, 5) is 9.94. The van der Waals surface area contributed by atoms with Crippen LogP contribution < -0.4 is 15.5 Å². The van der Waals surface area contributed by atoms with Crippen molar-refractivity contribution in [2.45, 2.75) is 64.0 Å². The molecule has 0 aromatic heterocycles. The number of nitrogens with zero attached hydrogens (tertiary/aromatic N) is 4. The Balaban J connectivity index is 0.952. The van der Waals surface area contributed by atoms with Gasteiger partial charge in [-0.3, -0.25) is 4.90 Å². The maximum absolute atomic E-state index is 4.06. The lowest BCUT2D eigenvalue weighted by atomic mass is 9.89. The first kappa shape index (κ1) is 31.1. The van der Waals surface area contributed by atoms with Crippen LogP contribution in [0.1, 0.15) is 62.5 Å². The van der Waals surface area contributed by atoms with Crippen molar-refractivity contribution >= 4 is 11.4 Å². The first-order valence-corrected chi connectivity index (χ1v) is 18.0. The van der Waals surface area contributed by atoms with E-state index in [1.54, 1.807) is 11.1 Å². The fourth-order valence-corrected chi connectivity index (χ4v) is 7.42. The lowest BCUT2D eigenvalue weighted by Crippen LogP contribution is -2.44. The van der Waals surface area contributed by atoms with Crippen LogP contribution in [0, 0.1) is 0 Å². The molecule has 2 aliphatic carbocycles. The molecule has 0 bridgehead atoms. The molecular formula is C40H54N6. The van der Waals surface area contributed by atoms with E-state index in [0.717, 1.165) is 52.2 Å². The van der Waals surface area contributed by atoms with E-state index in [1.165, 1.54) is 97.5 Å². The van der Waals surface area contributed by atoms with Gasteiger partial charge in [-0.2, -0.15) is 0 Å². The van der Waals surface area contributed by atoms with Crippen LogP contribution in [0.15, 0.2) is 94.9 Å². The molecule has 0 radical (unpaired) electrons. The van der Waals surface area contributed by atoms with Crippen molar-refractivity contribution in [1.82, 2.24) is 25.3 Å². The number of nitrogens with one attached hydrogen (secondary N) is 2. The van der Waals surface area contributed by atoms with Crippen molar-refractivity contribution < 1.29 is 0 Å². The van der Waals surface area contributed by atoms with Gasteiger partial charge in [0.25, 0.3) is 0 Å². The quantitative estimate of drug-likeness (QED) is 0.305. The first-order chi connectivity index (χ1) is 22.6. The number of benzene rings is 2. The van der Waals surface area contributed by atoms with Gasteiger partial charge < -0.3 is 25.3 Å². The average Bonchev–Trinajstić information content (AvgIpc) is 3.90. The number of hydrogen-bond acceptors (Lipinski definition) is 6. The molecule has 3 heterocycles. The molecule has 4 fully saturated rings. The van der Waals surface area contributed by atoms with Crippen molar-refractivity contribution in [3.8, 4) is 0 Å². The molecule has 244 valence electrons. The maximum Gasteiger partial charge on any atom is 0.0446 e. The second-order valence-corrected chi connectivity index (χ2v) is 14.2. The Hall–Kier alpha value is -3.48. The van der Waals surface area contributed by atoms with Crippen LogP contribution in [0.2, 0.25) is 0 Å². The van der Waals surface area contributed by atoms with Gasteiger partial charge in [-0.25, -0.2) is 0 Å². The van der Waals surface area contributed by atoms with E-state index >= 15 is 0 Å². The van der Waals surface area contributed by atoms with Gasteiger partial charge in [0, 0.05) is 101 Å². The number of anilines is 1. The van der Waals surface area contributed by atoms with Crippen LogP contribution in [0.5, 0.6) is 0 Å². The third kappa shape index (κ3) is 7.72. The second kappa shape index (κ2) is 14.5. The summed E-state index contributed by atoms with van der Waals surface area (Å²) in [6, 6.07) is 20.8. The highest BCUT2D eigenvalue weighted by molar-refractivity contribution is 5.72. The van der Waals surface area contributed by atoms with Gasteiger partial charge in [-0.05, 0) is 92.5 Å². The fourth-order valence-electron chi connectivity index (χ4n) is 7.42. The highest BCUT2D eigenvalue weighted by Crippen LogP contribution is 2.37. The highest BCUT2D eigenvalue weighted by Gasteiger charge is 2.25. The first-order valence-electron chi connectivity index (χ1n) is 18.0. The maximum atomic E-state index is 4.06. The SMILES string of the molecule is CN1CCN(c2ccc(C3=CC(C(NCCC(NC4CCN(Cc5ccccc5)CC4)=C4CCC4)=C4CC4)=CCN3C)cc2)CC1. The van der Waals surface area contributed by atoms with Crippen molar-refractivity contribution in [2.24, 2.45) is 0 Å². The predicted octanol–water partition coefficient (Wildman–Crippen LogP) is 6.37. The van der Waals surface area contributed by atoms with Crippen molar-refractivity contribution in [2.75, 3.05) is 71.4 Å². The minimum absolute atomic E-state index is 0.598. The molecule has 7 rings (SSSR count). The number of likely N-dealkylation sites (tertiary alicyclic amines) is 1. The zero-order chi connectivity index (χ0) is 31.3. The Kier molecular flexibility index (Phi) is 9.83. The van der Waals surface area contributed by atoms with E-state index < -0.39 is 0 Å². The summed E-state index contributed by atoms with van der Waals surface area (Å²) in [6.07, 6.45) is 14.8. The van der Waals surface area contributed by atoms with Crippen LogP contribution in [0.4, 0.5) is 5.69 Å². The molecule has 2 N–H and O–H groups in total. The Morgan fingerprint density at radius 2 is 1.54 bits per heavy atom. The molecule has 6 heteroatoms. The summed E-state index contributed by atoms with van der Waals surface area (Å²) >= 11 is 0. The third-order valence-electron chi connectivity index (χ3n) is 10.7. The summed E-state index contributed by atoms with van der Waals surface area (Å²) in [5.74, 6) is 0. The molecule has 6 nitrogen and oxygen atoms in total. The van der Waals surface area contributed by atoms with Crippen LogP contribution in [0.25, 0.3) is 5.70 Å². The fraction of sp³-hybridized carbons (Fsp3) is 0.500. The number of rotatable bonds is 11. The normalized spacial score (nSPS) is 21.0. The van der Waals surface area contributed by atoms with Crippen molar-refractivity contribution in [1.29, 1.82) is 0 Å². The second-order valence-electron chi connectivity index (χ2n) is 14.2. The molecule has 3 aliphatic heterocycles. The lowest BCUT2D eigenvalue weighted by Gasteiger charge is -2.35. The van der Waals surface area contributed by atoms with Gasteiger partial charge >= 0.3 is 0 Å². The molecule has 5 aliphatic rings. The van der Waals surface area contributed by atoms with E-state index in [9.17, 15) is 0 Å². The zero-order valence-corrected chi connectivity index (χ0v) is 28.2. The number of likely N-dealkylation sites (N-methyl/N-ethyl adjacent to an activating group) is 2. The minimum Gasteiger partial charge on any atom is -0.385 e. The average molecular weight is 619 g/mol. The van der Waals surface area contributed by atoms with E-state index in [-0.39, 0.29) is 0 Å².